The normalized spacial score (nSPS) is 11.5. The third kappa shape index (κ3) is 5.84. The molecule has 9 aromatic carbocycles. The Morgan fingerprint density at radius 1 is 0.345 bits per heavy atom. The van der Waals surface area contributed by atoms with Gasteiger partial charge in [0.05, 0.1) is 11.0 Å². The van der Waals surface area contributed by atoms with E-state index in [0.717, 1.165) is 44.7 Å². The lowest BCUT2D eigenvalue weighted by atomic mass is 10.0. The van der Waals surface area contributed by atoms with Crippen molar-refractivity contribution in [3.8, 4) is 39.1 Å². The first-order valence-corrected chi connectivity index (χ1v) is 19.8. The number of para-hydroxylation sites is 1. The Balaban J connectivity index is 0.976. The SMILES string of the molecule is Cc1ccc2oc3ccc(-n4c5ccccc5c5cc(-c6ccc(N(c7ccc(-c8ccccc8)cc7)c7ccc(-c8ccccc8)cc7)cc6)ccc54)cc3c2c1. The lowest BCUT2D eigenvalue weighted by Gasteiger charge is -2.26. The number of anilines is 3. The molecule has 0 spiro atoms. The monoisotopic (exact) mass is 742 g/mol. The van der Waals surface area contributed by atoms with E-state index in [9.17, 15) is 0 Å². The van der Waals surface area contributed by atoms with Gasteiger partial charge >= 0.3 is 0 Å². The van der Waals surface area contributed by atoms with Gasteiger partial charge in [0.1, 0.15) is 11.2 Å². The lowest BCUT2D eigenvalue weighted by Crippen LogP contribution is -2.09. The van der Waals surface area contributed by atoms with Gasteiger partial charge in [-0.25, -0.2) is 0 Å². The highest BCUT2D eigenvalue weighted by Crippen LogP contribution is 2.40. The number of nitrogens with zero attached hydrogens (tertiary/aromatic N) is 2. The van der Waals surface area contributed by atoms with E-state index in [1.54, 1.807) is 0 Å². The third-order valence-corrected chi connectivity index (χ3v) is 11.5. The van der Waals surface area contributed by atoms with Crippen LogP contribution in [0.15, 0.2) is 217 Å². The van der Waals surface area contributed by atoms with Crippen molar-refractivity contribution in [1.82, 2.24) is 4.57 Å². The zero-order valence-corrected chi connectivity index (χ0v) is 32.0. The van der Waals surface area contributed by atoms with E-state index in [4.69, 9.17) is 4.42 Å². The quantitative estimate of drug-likeness (QED) is 0.162. The molecule has 3 heteroatoms. The number of furan rings is 1. The Morgan fingerprint density at radius 2 is 0.810 bits per heavy atom. The van der Waals surface area contributed by atoms with Crippen LogP contribution in [0.1, 0.15) is 5.56 Å². The summed E-state index contributed by atoms with van der Waals surface area (Å²) in [5, 5.41) is 4.74. The van der Waals surface area contributed by atoms with Crippen LogP contribution in [0.5, 0.6) is 0 Å². The Morgan fingerprint density at radius 3 is 1.41 bits per heavy atom. The summed E-state index contributed by atoms with van der Waals surface area (Å²) in [7, 11) is 0. The second-order valence-corrected chi connectivity index (χ2v) is 15.1. The molecule has 0 radical (unpaired) electrons. The molecule has 274 valence electrons. The molecule has 0 aliphatic rings. The molecule has 11 rings (SSSR count). The first kappa shape index (κ1) is 33.7. The molecule has 0 saturated heterocycles. The van der Waals surface area contributed by atoms with Crippen molar-refractivity contribution in [3.05, 3.63) is 218 Å². The van der Waals surface area contributed by atoms with Crippen molar-refractivity contribution >= 4 is 60.8 Å². The molecule has 0 aliphatic carbocycles. The van der Waals surface area contributed by atoms with Crippen molar-refractivity contribution in [2.45, 2.75) is 6.92 Å². The molecule has 0 aliphatic heterocycles. The molecule has 0 saturated carbocycles. The molecule has 11 aromatic rings. The Labute approximate surface area is 337 Å². The summed E-state index contributed by atoms with van der Waals surface area (Å²) in [6.07, 6.45) is 0. The zero-order chi connectivity index (χ0) is 38.6. The minimum Gasteiger partial charge on any atom is -0.456 e. The van der Waals surface area contributed by atoms with E-state index in [1.807, 2.05) is 0 Å². The van der Waals surface area contributed by atoms with Gasteiger partial charge in [0.2, 0.25) is 0 Å². The maximum Gasteiger partial charge on any atom is 0.135 e. The fraction of sp³-hybridized carbons (Fsp3) is 0.0182. The first-order chi connectivity index (χ1) is 28.6. The van der Waals surface area contributed by atoms with Crippen LogP contribution in [0.3, 0.4) is 0 Å². The zero-order valence-electron chi connectivity index (χ0n) is 32.0. The van der Waals surface area contributed by atoms with Crippen LogP contribution in [0.4, 0.5) is 17.1 Å². The van der Waals surface area contributed by atoms with Crippen LogP contribution in [0.2, 0.25) is 0 Å². The fourth-order valence-electron chi connectivity index (χ4n) is 8.57. The molecule has 0 bridgehead atoms. The molecule has 0 atom stereocenters. The second-order valence-electron chi connectivity index (χ2n) is 15.1. The first-order valence-electron chi connectivity index (χ1n) is 19.8. The molecule has 2 heterocycles. The summed E-state index contributed by atoms with van der Waals surface area (Å²) >= 11 is 0. The van der Waals surface area contributed by atoms with Gasteiger partial charge in [-0.2, -0.15) is 0 Å². The van der Waals surface area contributed by atoms with Crippen LogP contribution in [-0.4, -0.2) is 4.57 Å². The van der Waals surface area contributed by atoms with Gasteiger partial charge in [0, 0.05) is 44.3 Å². The fourth-order valence-corrected chi connectivity index (χ4v) is 8.57. The Kier molecular flexibility index (Phi) is 8.04. The number of benzene rings is 9. The topological polar surface area (TPSA) is 21.3 Å². The summed E-state index contributed by atoms with van der Waals surface area (Å²) in [5.41, 5.74) is 17.0. The smallest absolute Gasteiger partial charge is 0.135 e. The molecule has 3 nitrogen and oxygen atoms in total. The molecular weight excluding hydrogens is 705 g/mol. The van der Waals surface area contributed by atoms with Crippen LogP contribution < -0.4 is 4.90 Å². The summed E-state index contributed by atoms with van der Waals surface area (Å²) in [4.78, 5) is 2.34. The predicted molar refractivity (Wildman–Crippen MR) is 244 cm³/mol. The highest BCUT2D eigenvalue weighted by atomic mass is 16.3. The van der Waals surface area contributed by atoms with E-state index >= 15 is 0 Å². The number of hydrogen-bond donors (Lipinski definition) is 0. The maximum absolute atomic E-state index is 6.22. The summed E-state index contributed by atoms with van der Waals surface area (Å²) in [5.74, 6) is 0. The van der Waals surface area contributed by atoms with Crippen LogP contribution >= 0.6 is 0 Å². The molecule has 2 aromatic heterocycles. The van der Waals surface area contributed by atoms with Gasteiger partial charge in [-0.3, -0.25) is 0 Å². The molecule has 0 N–H and O–H groups in total. The van der Waals surface area contributed by atoms with E-state index < -0.39 is 0 Å². The van der Waals surface area contributed by atoms with Gasteiger partial charge in [0.25, 0.3) is 0 Å². The lowest BCUT2D eigenvalue weighted by molar-refractivity contribution is 0.669. The van der Waals surface area contributed by atoms with Crippen LogP contribution in [0, 0.1) is 6.92 Å². The summed E-state index contributed by atoms with van der Waals surface area (Å²) in [6.45, 7) is 2.13. The van der Waals surface area contributed by atoms with Gasteiger partial charge in [0.15, 0.2) is 0 Å². The molecule has 58 heavy (non-hydrogen) atoms. The average Bonchev–Trinajstić information content (AvgIpc) is 3.82. The van der Waals surface area contributed by atoms with Gasteiger partial charge in [-0.1, -0.05) is 133 Å². The Hall–Kier alpha value is -7.62. The van der Waals surface area contributed by atoms with Crippen molar-refractivity contribution < 1.29 is 4.42 Å². The number of hydrogen-bond acceptors (Lipinski definition) is 2. The van der Waals surface area contributed by atoms with Gasteiger partial charge in [-0.15, -0.1) is 0 Å². The summed E-state index contributed by atoms with van der Waals surface area (Å²) < 4.78 is 8.61. The van der Waals surface area contributed by atoms with E-state index in [-0.39, 0.29) is 0 Å². The largest absolute Gasteiger partial charge is 0.456 e. The molecular formula is C55H38N2O. The van der Waals surface area contributed by atoms with Gasteiger partial charge < -0.3 is 13.9 Å². The molecule has 0 unspecified atom stereocenters. The number of fused-ring (bicyclic) bond motifs is 6. The highest BCUT2D eigenvalue weighted by molar-refractivity contribution is 6.11. The van der Waals surface area contributed by atoms with Crippen LogP contribution in [-0.2, 0) is 0 Å². The third-order valence-electron chi connectivity index (χ3n) is 11.5. The minimum absolute atomic E-state index is 0.905. The molecule has 0 fully saturated rings. The maximum atomic E-state index is 6.22. The predicted octanol–water partition coefficient (Wildman–Crippen LogP) is 15.5. The Bertz CT molecular complexity index is 3170. The van der Waals surface area contributed by atoms with E-state index in [0.29, 0.717) is 0 Å². The summed E-state index contributed by atoms with van der Waals surface area (Å²) in [6, 6.07) is 76.4. The number of aromatic nitrogens is 1. The highest BCUT2D eigenvalue weighted by Gasteiger charge is 2.17. The van der Waals surface area contributed by atoms with Crippen molar-refractivity contribution in [1.29, 1.82) is 0 Å². The molecule has 0 amide bonds. The van der Waals surface area contributed by atoms with Crippen molar-refractivity contribution in [3.63, 3.8) is 0 Å². The van der Waals surface area contributed by atoms with Crippen molar-refractivity contribution in [2.24, 2.45) is 0 Å². The standard InChI is InChI=1S/C55H38N2O/c1-37-16-32-54-50(34-37)51-36-47(30-33-55(51)58-54)57-52-15-9-8-14-48(52)49-35-43(23-31-53(49)57)42-21-28-46(29-22-42)56(44-24-17-40(18-25-44)38-10-4-2-5-11-38)45-26-19-41(20-27-45)39-12-6-3-7-13-39/h2-36H,1H3. The second kappa shape index (κ2) is 13.8. The number of aryl methyl sites for hydroxylation is 1. The van der Waals surface area contributed by atoms with E-state index in [2.05, 4.69) is 229 Å². The minimum atomic E-state index is 0.905. The van der Waals surface area contributed by atoms with E-state index in [1.165, 1.54) is 60.8 Å². The average molecular weight is 743 g/mol. The number of rotatable bonds is 7. The van der Waals surface area contributed by atoms with Crippen LogP contribution in [0.25, 0.3) is 82.8 Å². The van der Waals surface area contributed by atoms with Gasteiger partial charge in [-0.05, 0) is 125 Å². The van der Waals surface area contributed by atoms with Crippen molar-refractivity contribution in [2.75, 3.05) is 4.90 Å².